The van der Waals surface area contributed by atoms with Crippen LogP contribution in [0.5, 0.6) is 5.75 Å². The van der Waals surface area contributed by atoms with Crippen LogP contribution in [-0.2, 0) is 5.41 Å². The maximum Gasteiger partial charge on any atom is 0.123 e. The lowest BCUT2D eigenvalue weighted by atomic mass is 9.86. The molecule has 0 fully saturated rings. The molecule has 2 heteroatoms. The fraction of sp³-hybridized carbons (Fsp3) is 0.667. The van der Waals surface area contributed by atoms with Crippen molar-refractivity contribution < 1.29 is 4.74 Å². The van der Waals surface area contributed by atoms with Crippen molar-refractivity contribution in [2.45, 2.75) is 59.9 Å². The highest BCUT2D eigenvalue weighted by Crippen LogP contribution is 2.31. The van der Waals surface area contributed by atoms with E-state index in [1.807, 2.05) is 6.07 Å². The quantitative estimate of drug-likeness (QED) is 0.862. The zero-order valence-corrected chi connectivity index (χ0v) is 14.2. The van der Waals surface area contributed by atoms with Crippen LogP contribution in [0.3, 0.4) is 0 Å². The topological polar surface area (TPSA) is 21.3 Å². The Morgan fingerprint density at radius 1 is 1.05 bits per heavy atom. The third kappa shape index (κ3) is 4.82. The van der Waals surface area contributed by atoms with Crippen LogP contribution < -0.4 is 10.1 Å². The summed E-state index contributed by atoms with van der Waals surface area (Å²) in [5.41, 5.74) is 1.56. The second-order valence-electron chi connectivity index (χ2n) is 7.53. The number of nitrogens with one attached hydrogen (secondary N) is 1. The molecule has 0 spiro atoms. The molecule has 0 aliphatic heterocycles. The van der Waals surface area contributed by atoms with Gasteiger partial charge in [0.1, 0.15) is 12.4 Å². The maximum absolute atomic E-state index is 6.14. The molecule has 2 nitrogen and oxygen atoms in total. The number of ether oxygens (including phenoxy) is 1. The van der Waals surface area contributed by atoms with Crippen molar-refractivity contribution in [3.8, 4) is 5.75 Å². The lowest BCUT2D eigenvalue weighted by Gasteiger charge is -2.32. The van der Waals surface area contributed by atoms with Gasteiger partial charge >= 0.3 is 0 Å². The van der Waals surface area contributed by atoms with Crippen LogP contribution in [0.25, 0.3) is 0 Å². The zero-order valence-electron chi connectivity index (χ0n) is 14.2. The highest BCUT2D eigenvalue weighted by Gasteiger charge is 2.25. The van der Waals surface area contributed by atoms with E-state index in [1.165, 1.54) is 5.56 Å². The first-order valence-electron chi connectivity index (χ1n) is 7.62. The number of para-hydroxylation sites is 1. The normalized spacial score (nSPS) is 14.2. The molecule has 0 saturated heterocycles. The molecule has 1 atom stereocenters. The minimum absolute atomic E-state index is 0.103. The first-order chi connectivity index (χ1) is 9.16. The highest BCUT2D eigenvalue weighted by atomic mass is 16.5. The van der Waals surface area contributed by atoms with Crippen LogP contribution in [-0.4, -0.2) is 19.2 Å². The van der Waals surface area contributed by atoms with Gasteiger partial charge in [0.15, 0.2) is 0 Å². The van der Waals surface area contributed by atoms with Crippen LogP contribution in [0.4, 0.5) is 0 Å². The average Bonchev–Trinajstić information content (AvgIpc) is 2.32. The molecular weight excluding hydrogens is 246 g/mol. The molecule has 0 bridgehead atoms. The van der Waals surface area contributed by atoms with Gasteiger partial charge in [-0.1, -0.05) is 66.7 Å². The number of rotatable bonds is 5. The standard InChI is InChI=1S/C18H31NO/c1-8-19-16(18(5,6)7)13-20-15-12-10-9-11-14(15)17(2,3)4/h9-12,16,19H,8,13H2,1-7H3. The smallest absolute Gasteiger partial charge is 0.123 e. The Hall–Kier alpha value is -1.02. The van der Waals surface area contributed by atoms with Crippen molar-refractivity contribution >= 4 is 0 Å². The van der Waals surface area contributed by atoms with Crippen molar-refractivity contribution in [2.75, 3.05) is 13.2 Å². The first kappa shape index (κ1) is 17.0. The summed E-state index contributed by atoms with van der Waals surface area (Å²) in [5.74, 6) is 1.01. The van der Waals surface area contributed by atoms with Crippen molar-refractivity contribution in [3.05, 3.63) is 29.8 Å². The molecule has 20 heavy (non-hydrogen) atoms. The van der Waals surface area contributed by atoms with Gasteiger partial charge in [-0.2, -0.15) is 0 Å². The van der Waals surface area contributed by atoms with E-state index in [0.717, 1.165) is 12.3 Å². The third-order valence-corrected chi connectivity index (χ3v) is 3.60. The molecule has 0 radical (unpaired) electrons. The Morgan fingerprint density at radius 3 is 2.15 bits per heavy atom. The van der Waals surface area contributed by atoms with Crippen LogP contribution in [0.1, 0.15) is 54.0 Å². The van der Waals surface area contributed by atoms with E-state index < -0.39 is 0 Å². The van der Waals surface area contributed by atoms with Gasteiger partial charge in [0, 0.05) is 6.04 Å². The largest absolute Gasteiger partial charge is 0.492 e. The molecule has 0 heterocycles. The van der Waals surface area contributed by atoms with E-state index in [0.29, 0.717) is 12.6 Å². The second kappa shape index (κ2) is 6.62. The van der Waals surface area contributed by atoms with Crippen LogP contribution in [0, 0.1) is 5.41 Å². The van der Waals surface area contributed by atoms with E-state index >= 15 is 0 Å². The highest BCUT2D eigenvalue weighted by molar-refractivity contribution is 5.38. The van der Waals surface area contributed by atoms with E-state index in [4.69, 9.17) is 4.74 Å². The minimum atomic E-state index is 0.103. The minimum Gasteiger partial charge on any atom is -0.492 e. The summed E-state index contributed by atoms with van der Waals surface area (Å²) in [5, 5.41) is 3.53. The average molecular weight is 277 g/mol. The van der Waals surface area contributed by atoms with Crippen molar-refractivity contribution in [1.82, 2.24) is 5.32 Å². The van der Waals surface area contributed by atoms with Gasteiger partial charge in [-0.15, -0.1) is 0 Å². The molecule has 1 aromatic carbocycles. The third-order valence-electron chi connectivity index (χ3n) is 3.60. The molecule has 0 aromatic heterocycles. The molecule has 0 saturated carbocycles. The molecule has 1 rings (SSSR count). The number of benzene rings is 1. The predicted octanol–water partition coefficient (Wildman–Crippen LogP) is 4.39. The summed E-state index contributed by atoms with van der Waals surface area (Å²) in [6, 6.07) is 8.71. The molecule has 114 valence electrons. The van der Waals surface area contributed by atoms with Gasteiger partial charge in [-0.05, 0) is 29.0 Å². The van der Waals surface area contributed by atoms with E-state index in [2.05, 4.69) is 72.0 Å². The number of likely N-dealkylation sites (N-methyl/N-ethyl adjacent to an activating group) is 1. The van der Waals surface area contributed by atoms with E-state index in [9.17, 15) is 0 Å². The number of hydrogen-bond donors (Lipinski definition) is 1. The van der Waals surface area contributed by atoms with Gasteiger partial charge in [0.05, 0.1) is 0 Å². The van der Waals surface area contributed by atoms with Crippen molar-refractivity contribution in [1.29, 1.82) is 0 Å². The maximum atomic E-state index is 6.14. The van der Waals surface area contributed by atoms with Crippen molar-refractivity contribution in [3.63, 3.8) is 0 Å². The molecule has 0 amide bonds. The Balaban J connectivity index is 2.84. The summed E-state index contributed by atoms with van der Waals surface area (Å²) in [6.45, 7) is 17.2. The van der Waals surface area contributed by atoms with Gasteiger partial charge in [-0.3, -0.25) is 0 Å². The van der Waals surface area contributed by atoms with Gasteiger partial charge in [0.2, 0.25) is 0 Å². The molecular formula is C18H31NO. The monoisotopic (exact) mass is 277 g/mol. The Morgan fingerprint density at radius 2 is 1.65 bits per heavy atom. The van der Waals surface area contributed by atoms with Crippen LogP contribution in [0.2, 0.25) is 0 Å². The molecule has 0 aliphatic rings. The SMILES string of the molecule is CCNC(COc1ccccc1C(C)(C)C)C(C)(C)C. The van der Waals surface area contributed by atoms with Gasteiger partial charge in [-0.25, -0.2) is 0 Å². The molecule has 0 aliphatic carbocycles. The molecule has 1 aromatic rings. The van der Waals surface area contributed by atoms with Crippen molar-refractivity contribution in [2.24, 2.45) is 5.41 Å². The van der Waals surface area contributed by atoms with Crippen LogP contribution >= 0.6 is 0 Å². The van der Waals surface area contributed by atoms with Gasteiger partial charge in [0.25, 0.3) is 0 Å². The summed E-state index contributed by atoms with van der Waals surface area (Å²) in [6.07, 6.45) is 0. The molecule has 1 unspecified atom stereocenters. The summed E-state index contributed by atoms with van der Waals surface area (Å²) in [7, 11) is 0. The zero-order chi connectivity index (χ0) is 15.4. The van der Waals surface area contributed by atoms with E-state index in [-0.39, 0.29) is 10.8 Å². The Kier molecular flexibility index (Phi) is 5.64. The summed E-state index contributed by atoms with van der Waals surface area (Å²) >= 11 is 0. The first-order valence-corrected chi connectivity index (χ1v) is 7.62. The fourth-order valence-electron chi connectivity index (χ4n) is 2.25. The van der Waals surface area contributed by atoms with Gasteiger partial charge < -0.3 is 10.1 Å². The molecule has 1 N–H and O–H groups in total. The summed E-state index contributed by atoms with van der Waals surface area (Å²) in [4.78, 5) is 0. The lowest BCUT2D eigenvalue weighted by molar-refractivity contribution is 0.174. The fourth-order valence-corrected chi connectivity index (χ4v) is 2.25. The second-order valence-corrected chi connectivity index (χ2v) is 7.53. The Labute approximate surface area is 124 Å². The van der Waals surface area contributed by atoms with Crippen LogP contribution in [0.15, 0.2) is 24.3 Å². The Bertz CT molecular complexity index is 412. The number of hydrogen-bond acceptors (Lipinski definition) is 2. The summed E-state index contributed by atoms with van der Waals surface area (Å²) < 4.78 is 6.14. The predicted molar refractivity (Wildman–Crippen MR) is 87.6 cm³/mol. The van der Waals surface area contributed by atoms with E-state index in [1.54, 1.807) is 0 Å². The lowest BCUT2D eigenvalue weighted by Crippen LogP contribution is -2.44.